The van der Waals surface area contributed by atoms with E-state index in [0.717, 1.165) is 29.8 Å². The van der Waals surface area contributed by atoms with Gasteiger partial charge in [0.05, 0.1) is 0 Å². The van der Waals surface area contributed by atoms with Crippen LogP contribution in [-0.2, 0) is 20.0 Å². The molecule has 2 atom stereocenters. The van der Waals surface area contributed by atoms with Crippen molar-refractivity contribution in [1.82, 2.24) is 8.61 Å². The van der Waals surface area contributed by atoms with E-state index in [4.69, 9.17) is 11.6 Å². The van der Waals surface area contributed by atoms with Crippen LogP contribution in [0.1, 0.15) is 19.3 Å². The third-order valence-corrected chi connectivity index (χ3v) is 9.11. The summed E-state index contributed by atoms with van der Waals surface area (Å²) in [7, 11) is -7.24. The largest absolute Gasteiger partial charge is 0.283 e. The summed E-state index contributed by atoms with van der Waals surface area (Å²) in [5.74, 6) is 1.15. The smallest absolute Gasteiger partial charge is 0.227 e. The molecule has 21 heavy (non-hydrogen) atoms. The molecule has 124 valence electrons. The minimum absolute atomic E-state index is 0.232. The lowest BCUT2D eigenvalue weighted by atomic mass is 10.1. The first-order valence-electron chi connectivity index (χ1n) is 6.89. The van der Waals surface area contributed by atoms with Crippen LogP contribution in [0.4, 0.5) is 0 Å². The van der Waals surface area contributed by atoms with Crippen LogP contribution < -0.4 is 0 Å². The Kier molecular flexibility index (Phi) is 5.87. The van der Waals surface area contributed by atoms with E-state index in [0.29, 0.717) is 12.3 Å². The van der Waals surface area contributed by atoms with Gasteiger partial charge in [-0.05, 0) is 12.8 Å². The molecule has 6 nitrogen and oxygen atoms in total. The van der Waals surface area contributed by atoms with E-state index in [1.807, 2.05) is 0 Å². The number of piperidine rings is 1. The van der Waals surface area contributed by atoms with Crippen molar-refractivity contribution in [3.63, 3.8) is 0 Å². The zero-order valence-electron chi connectivity index (χ0n) is 11.9. The van der Waals surface area contributed by atoms with Gasteiger partial charge in [-0.1, -0.05) is 6.42 Å². The van der Waals surface area contributed by atoms with E-state index in [9.17, 15) is 16.8 Å². The normalized spacial score (nSPS) is 30.4. The minimum Gasteiger partial charge on any atom is -0.227 e. The van der Waals surface area contributed by atoms with Crippen LogP contribution in [0.15, 0.2) is 0 Å². The van der Waals surface area contributed by atoms with Gasteiger partial charge in [0.1, 0.15) is 5.37 Å². The molecule has 2 unspecified atom stereocenters. The van der Waals surface area contributed by atoms with Gasteiger partial charge < -0.3 is 0 Å². The number of thioether (sulfide) groups is 1. The summed E-state index contributed by atoms with van der Waals surface area (Å²) in [6.45, 7) is 0.649. The Morgan fingerprint density at radius 3 is 2.48 bits per heavy atom. The molecule has 0 bridgehead atoms. The van der Waals surface area contributed by atoms with Gasteiger partial charge in [-0.25, -0.2) is 8.42 Å². The van der Waals surface area contributed by atoms with E-state index in [1.54, 1.807) is 0 Å². The van der Waals surface area contributed by atoms with Crippen LogP contribution >= 0.6 is 23.4 Å². The van der Waals surface area contributed by atoms with Gasteiger partial charge in [0.25, 0.3) is 10.2 Å². The van der Waals surface area contributed by atoms with Crippen LogP contribution in [-0.4, -0.2) is 73.6 Å². The van der Waals surface area contributed by atoms with Crippen LogP contribution in [0, 0.1) is 0 Å². The van der Waals surface area contributed by atoms with Crippen molar-refractivity contribution >= 4 is 43.4 Å². The Morgan fingerprint density at radius 1 is 1.14 bits per heavy atom. The molecule has 2 saturated heterocycles. The Morgan fingerprint density at radius 2 is 1.86 bits per heavy atom. The predicted molar refractivity (Wildman–Crippen MR) is 86.6 cm³/mol. The first-order valence-corrected chi connectivity index (χ1v) is 11.9. The number of rotatable bonds is 4. The number of hydrogen-bond donors (Lipinski definition) is 0. The molecular weight excluding hydrogens is 356 g/mol. The summed E-state index contributed by atoms with van der Waals surface area (Å²) in [5, 5.41) is -0.973. The average molecular weight is 377 g/mol. The van der Waals surface area contributed by atoms with Gasteiger partial charge in [-0.2, -0.15) is 28.8 Å². The van der Waals surface area contributed by atoms with Crippen LogP contribution in [0.5, 0.6) is 0 Å². The highest BCUT2D eigenvalue weighted by atomic mass is 35.5. The number of sulfone groups is 1. The fourth-order valence-electron chi connectivity index (χ4n) is 2.73. The van der Waals surface area contributed by atoms with Crippen molar-refractivity contribution in [1.29, 1.82) is 0 Å². The standard InChI is InChI=1S/C11H21ClN2O4S3/c1-20(15,16)11-9-19-7-6-14(11)21(17,18)13-5-3-2-4-10(13)8-12/h10-11H,2-9H2,1H3. The fourth-order valence-corrected chi connectivity index (χ4v) is 8.71. The van der Waals surface area contributed by atoms with Gasteiger partial charge >= 0.3 is 0 Å². The highest BCUT2D eigenvalue weighted by Crippen LogP contribution is 2.29. The lowest BCUT2D eigenvalue weighted by Crippen LogP contribution is -2.57. The summed E-state index contributed by atoms with van der Waals surface area (Å²) in [4.78, 5) is 0. The maximum atomic E-state index is 12.9. The van der Waals surface area contributed by atoms with Gasteiger partial charge in [-0.3, -0.25) is 0 Å². The topological polar surface area (TPSA) is 74.8 Å². The number of halogens is 1. The molecule has 2 aliphatic heterocycles. The van der Waals surface area contributed by atoms with Crippen LogP contribution in [0.3, 0.4) is 0 Å². The van der Waals surface area contributed by atoms with Crippen molar-refractivity contribution in [3.8, 4) is 0 Å². The summed E-state index contributed by atoms with van der Waals surface area (Å²) in [5.41, 5.74) is 0. The second-order valence-electron chi connectivity index (χ2n) is 5.39. The van der Waals surface area contributed by atoms with Crippen LogP contribution in [0.2, 0.25) is 0 Å². The average Bonchev–Trinajstić information content (AvgIpc) is 2.46. The van der Waals surface area contributed by atoms with E-state index in [-0.39, 0.29) is 24.2 Å². The molecule has 0 saturated carbocycles. The maximum absolute atomic E-state index is 12.9. The summed E-state index contributed by atoms with van der Waals surface area (Å²) >= 11 is 7.37. The molecule has 0 aromatic heterocycles. The van der Waals surface area contributed by atoms with Crippen LogP contribution in [0.25, 0.3) is 0 Å². The molecule has 10 heteroatoms. The third kappa shape index (κ3) is 3.87. The monoisotopic (exact) mass is 376 g/mol. The lowest BCUT2D eigenvalue weighted by Gasteiger charge is -2.40. The first-order chi connectivity index (χ1) is 9.78. The van der Waals surface area contributed by atoms with Crippen molar-refractivity contribution in [2.75, 3.05) is 36.7 Å². The van der Waals surface area contributed by atoms with Crippen molar-refractivity contribution < 1.29 is 16.8 Å². The number of alkyl halides is 1. The molecule has 2 fully saturated rings. The molecule has 0 radical (unpaired) electrons. The Bertz CT molecular complexity index is 566. The quantitative estimate of drug-likeness (QED) is 0.676. The molecule has 0 aromatic rings. The molecule has 0 N–H and O–H groups in total. The Labute approximate surface area is 136 Å². The Balaban J connectivity index is 2.31. The highest BCUT2D eigenvalue weighted by Gasteiger charge is 2.43. The van der Waals surface area contributed by atoms with Crippen molar-refractivity contribution in [2.24, 2.45) is 0 Å². The first kappa shape index (κ1) is 17.8. The van der Waals surface area contributed by atoms with E-state index in [1.165, 1.54) is 16.1 Å². The van der Waals surface area contributed by atoms with Gasteiger partial charge in [-0.15, -0.1) is 11.6 Å². The second-order valence-corrected chi connectivity index (χ2v) is 10.9. The van der Waals surface area contributed by atoms with Crippen molar-refractivity contribution in [3.05, 3.63) is 0 Å². The molecule has 2 rings (SSSR count). The lowest BCUT2D eigenvalue weighted by molar-refractivity contribution is 0.245. The number of nitrogens with zero attached hydrogens (tertiary/aromatic N) is 2. The van der Waals surface area contributed by atoms with E-state index in [2.05, 4.69) is 0 Å². The maximum Gasteiger partial charge on any atom is 0.283 e. The van der Waals surface area contributed by atoms with Gasteiger partial charge in [0.15, 0.2) is 9.84 Å². The molecule has 2 heterocycles. The molecule has 2 aliphatic rings. The molecule has 0 aliphatic carbocycles. The molecule has 0 aromatic carbocycles. The second kappa shape index (κ2) is 6.92. The van der Waals surface area contributed by atoms with Crippen molar-refractivity contribution in [2.45, 2.75) is 30.7 Å². The minimum atomic E-state index is -3.79. The molecular formula is C11H21ClN2O4S3. The summed E-state index contributed by atoms with van der Waals surface area (Å²) in [6, 6.07) is -0.236. The van der Waals surface area contributed by atoms with Gasteiger partial charge in [0.2, 0.25) is 0 Å². The highest BCUT2D eigenvalue weighted by molar-refractivity contribution is 8.01. The SMILES string of the molecule is CS(=O)(=O)C1CSCCN1S(=O)(=O)N1CCCCC1CCl. The molecule has 0 spiro atoms. The summed E-state index contributed by atoms with van der Waals surface area (Å²) < 4.78 is 52.2. The van der Waals surface area contributed by atoms with E-state index >= 15 is 0 Å². The zero-order valence-corrected chi connectivity index (χ0v) is 15.1. The fraction of sp³-hybridized carbons (Fsp3) is 1.00. The number of hydrogen-bond acceptors (Lipinski definition) is 5. The Hall–Kier alpha value is 0.460. The molecule has 0 amide bonds. The third-order valence-electron chi connectivity index (χ3n) is 3.88. The summed E-state index contributed by atoms with van der Waals surface area (Å²) in [6.07, 6.45) is 3.57. The predicted octanol–water partition coefficient (Wildman–Crippen LogP) is 0.744. The van der Waals surface area contributed by atoms with E-state index < -0.39 is 25.4 Å². The van der Waals surface area contributed by atoms with Gasteiger partial charge in [0, 0.05) is 42.8 Å². The zero-order chi connectivity index (χ0) is 15.7.